The molecule has 0 amide bonds. The number of Topliss-reactive ketones (excluding diaryl/α,β-unsaturated/α-hetero) is 1. The molecule has 0 atom stereocenters. The van der Waals surface area contributed by atoms with E-state index in [2.05, 4.69) is 4.98 Å². The second-order valence-electron chi connectivity index (χ2n) is 9.21. The third-order valence-corrected chi connectivity index (χ3v) is 7.30. The molecule has 1 spiro atoms. The summed E-state index contributed by atoms with van der Waals surface area (Å²) in [5.74, 6) is 0.268. The molecule has 2 aromatic carbocycles. The molecule has 30 heavy (non-hydrogen) atoms. The molecular weight excluding hydrogens is 380 g/mol. The molecule has 4 heteroatoms. The van der Waals surface area contributed by atoms with Crippen molar-refractivity contribution in [1.29, 1.82) is 0 Å². The lowest BCUT2D eigenvalue weighted by Gasteiger charge is -2.51. The molecule has 0 radical (unpaired) electrons. The number of hydrogen-bond acceptors (Lipinski definition) is 2. The lowest BCUT2D eigenvalue weighted by molar-refractivity contribution is -0.131. The van der Waals surface area contributed by atoms with Crippen LogP contribution in [0, 0.1) is 23.0 Å². The van der Waals surface area contributed by atoms with Gasteiger partial charge in [0.25, 0.3) is 0 Å². The zero-order valence-corrected chi connectivity index (χ0v) is 16.9. The van der Waals surface area contributed by atoms with Gasteiger partial charge in [-0.25, -0.2) is 8.78 Å². The van der Waals surface area contributed by atoms with E-state index in [9.17, 15) is 13.6 Å². The van der Waals surface area contributed by atoms with Crippen molar-refractivity contribution in [3.8, 4) is 0 Å². The SMILES string of the molecule is O=C(Cc1cccc(F)c1)C1CC2(CCC(c3ccnc4ccc(F)cc34)CC2)C1. The summed E-state index contributed by atoms with van der Waals surface area (Å²) in [6.45, 7) is 0. The second kappa shape index (κ2) is 7.57. The minimum atomic E-state index is -0.285. The predicted molar refractivity (Wildman–Crippen MR) is 113 cm³/mol. The van der Waals surface area contributed by atoms with Crippen LogP contribution in [0.2, 0.25) is 0 Å². The highest BCUT2D eigenvalue weighted by molar-refractivity contribution is 5.84. The van der Waals surface area contributed by atoms with Crippen molar-refractivity contribution in [1.82, 2.24) is 4.98 Å². The van der Waals surface area contributed by atoms with Gasteiger partial charge in [-0.15, -0.1) is 0 Å². The molecule has 0 aliphatic heterocycles. The van der Waals surface area contributed by atoms with Gasteiger partial charge >= 0.3 is 0 Å². The van der Waals surface area contributed by atoms with Crippen LogP contribution in [-0.2, 0) is 11.2 Å². The Morgan fingerprint density at radius 3 is 2.53 bits per heavy atom. The number of carbonyl (C=O) groups excluding carboxylic acids is 1. The number of pyridine rings is 1. The van der Waals surface area contributed by atoms with Crippen LogP contribution in [0.5, 0.6) is 0 Å². The standard InChI is InChI=1S/C26H25F2NO/c27-20-3-1-2-17(12-20)13-25(30)19-15-26(16-19)9-6-18(7-10-26)22-8-11-29-24-5-4-21(28)14-23(22)24/h1-5,8,11-12,14,18-19H,6-7,9-10,13,15-16H2. The van der Waals surface area contributed by atoms with Gasteiger partial charge in [-0.2, -0.15) is 0 Å². The van der Waals surface area contributed by atoms with Crippen LogP contribution in [-0.4, -0.2) is 10.8 Å². The van der Waals surface area contributed by atoms with Gasteiger partial charge in [0.15, 0.2) is 0 Å². The molecule has 2 aliphatic rings. The summed E-state index contributed by atoms with van der Waals surface area (Å²) in [7, 11) is 0. The Morgan fingerprint density at radius 2 is 1.77 bits per heavy atom. The topological polar surface area (TPSA) is 30.0 Å². The molecule has 2 aliphatic carbocycles. The molecular formula is C26H25F2NO. The molecule has 154 valence electrons. The zero-order valence-electron chi connectivity index (χ0n) is 16.9. The maximum atomic E-state index is 13.8. The lowest BCUT2D eigenvalue weighted by Crippen LogP contribution is -2.43. The van der Waals surface area contributed by atoms with E-state index in [0.717, 1.165) is 55.0 Å². The molecule has 2 saturated carbocycles. The van der Waals surface area contributed by atoms with Crippen molar-refractivity contribution in [2.45, 2.75) is 50.9 Å². The maximum Gasteiger partial charge on any atom is 0.140 e. The normalized spacial score (nSPS) is 25.9. The molecule has 0 saturated heterocycles. The average Bonchev–Trinajstić information content (AvgIpc) is 2.71. The van der Waals surface area contributed by atoms with Crippen LogP contribution >= 0.6 is 0 Å². The van der Waals surface area contributed by atoms with Crippen LogP contribution in [0.15, 0.2) is 54.7 Å². The van der Waals surface area contributed by atoms with E-state index in [1.165, 1.54) is 23.8 Å². The number of benzene rings is 2. The Bertz CT molecular complexity index is 1090. The van der Waals surface area contributed by atoms with E-state index in [1.54, 1.807) is 18.2 Å². The fourth-order valence-electron chi connectivity index (χ4n) is 5.65. The van der Waals surface area contributed by atoms with Gasteiger partial charge < -0.3 is 0 Å². The van der Waals surface area contributed by atoms with Crippen molar-refractivity contribution in [2.75, 3.05) is 0 Å². The van der Waals surface area contributed by atoms with Gasteiger partial charge in [-0.05, 0) is 97.4 Å². The summed E-state index contributed by atoms with van der Waals surface area (Å²) >= 11 is 0. The molecule has 2 nitrogen and oxygen atoms in total. The van der Waals surface area contributed by atoms with Gasteiger partial charge in [0, 0.05) is 23.9 Å². The van der Waals surface area contributed by atoms with Crippen molar-refractivity contribution >= 4 is 16.7 Å². The monoisotopic (exact) mass is 405 g/mol. The van der Waals surface area contributed by atoms with Gasteiger partial charge in [0.2, 0.25) is 0 Å². The number of ketones is 1. The number of hydrogen-bond donors (Lipinski definition) is 0. The first kappa shape index (κ1) is 19.3. The average molecular weight is 405 g/mol. The fraction of sp³-hybridized carbons (Fsp3) is 0.385. The Kier molecular flexibility index (Phi) is 4.88. The molecule has 5 rings (SSSR count). The molecule has 1 heterocycles. The lowest BCUT2D eigenvalue weighted by atomic mass is 9.53. The number of fused-ring (bicyclic) bond motifs is 1. The minimum Gasteiger partial charge on any atom is -0.299 e. The summed E-state index contributed by atoms with van der Waals surface area (Å²) in [5.41, 5.74) is 3.10. The van der Waals surface area contributed by atoms with Gasteiger partial charge in [-0.3, -0.25) is 9.78 Å². The third-order valence-electron chi connectivity index (χ3n) is 7.30. The Morgan fingerprint density at radius 1 is 1.00 bits per heavy atom. The first-order valence-electron chi connectivity index (χ1n) is 10.8. The van der Waals surface area contributed by atoms with Gasteiger partial charge in [-0.1, -0.05) is 12.1 Å². The van der Waals surface area contributed by atoms with E-state index in [1.807, 2.05) is 18.3 Å². The van der Waals surface area contributed by atoms with E-state index < -0.39 is 0 Å². The molecule has 3 aromatic rings. The highest BCUT2D eigenvalue weighted by Gasteiger charge is 2.48. The van der Waals surface area contributed by atoms with E-state index in [4.69, 9.17) is 0 Å². The Balaban J connectivity index is 1.21. The summed E-state index contributed by atoms with van der Waals surface area (Å²) < 4.78 is 27.1. The number of nitrogens with zero attached hydrogens (tertiary/aromatic N) is 1. The molecule has 2 fully saturated rings. The molecule has 0 N–H and O–H groups in total. The molecule has 0 bridgehead atoms. The van der Waals surface area contributed by atoms with Gasteiger partial charge in [0.1, 0.15) is 17.4 Å². The molecule has 0 unspecified atom stereocenters. The summed E-state index contributed by atoms with van der Waals surface area (Å²) in [6, 6.07) is 13.2. The summed E-state index contributed by atoms with van der Waals surface area (Å²) in [4.78, 5) is 17.0. The second-order valence-corrected chi connectivity index (χ2v) is 9.21. The maximum absolute atomic E-state index is 13.8. The number of halogens is 2. The number of carbonyl (C=O) groups is 1. The van der Waals surface area contributed by atoms with Crippen LogP contribution in [0.25, 0.3) is 10.9 Å². The quantitative estimate of drug-likeness (QED) is 0.504. The Labute approximate surface area is 175 Å². The largest absolute Gasteiger partial charge is 0.299 e. The Hall–Kier alpha value is -2.62. The van der Waals surface area contributed by atoms with Crippen molar-refractivity contribution < 1.29 is 13.6 Å². The predicted octanol–water partition coefficient (Wildman–Crippen LogP) is 6.38. The smallest absolute Gasteiger partial charge is 0.140 e. The van der Waals surface area contributed by atoms with Crippen LogP contribution in [0.4, 0.5) is 8.78 Å². The van der Waals surface area contributed by atoms with Crippen molar-refractivity contribution in [3.63, 3.8) is 0 Å². The zero-order chi connectivity index (χ0) is 20.7. The van der Waals surface area contributed by atoms with Crippen molar-refractivity contribution in [3.05, 3.63) is 77.5 Å². The highest BCUT2D eigenvalue weighted by atomic mass is 19.1. The van der Waals surface area contributed by atoms with Crippen LogP contribution in [0.1, 0.15) is 55.6 Å². The summed E-state index contributed by atoms with van der Waals surface area (Å²) in [5, 5.41) is 0.926. The van der Waals surface area contributed by atoms with E-state index >= 15 is 0 Å². The van der Waals surface area contributed by atoms with Crippen molar-refractivity contribution in [2.24, 2.45) is 11.3 Å². The van der Waals surface area contributed by atoms with Crippen LogP contribution in [0.3, 0.4) is 0 Å². The first-order chi connectivity index (χ1) is 14.5. The number of rotatable bonds is 4. The fourth-order valence-corrected chi connectivity index (χ4v) is 5.65. The number of aromatic nitrogens is 1. The highest BCUT2D eigenvalue weighted by Crippen LogP contribution is 2.57. The van der Waals surface area contributed by atoms with Crippen LogP contribution < -0.4 is 0 Å². The van der Waals surface area contributed by atoms with E-state index in [-0.39, 0.29) is 28.8 Å². The first-order valence-corrected chi connectivity index (χ1v) is 10.8. The molecule has 1 aromatic heterocycles. The third kappa shape index (κ3) is 3.64. The minimum absolute atomic E-state index is 0.112. The summed E-state index contributed by atoms with van der Waals surface area (Å²) in [6.07, 6.45) is 8.43. The van der Waals surface area contributed by atoms with E-state index in [0.29, 0.717) is 12.3 Å². The van der Waals surface area contributed by atoms with Gasteiger partial charge in [0.05, 0.1) is 5.52 Å².